The third kappa shape index (κ3) is 5.33. The van der Waals surface area contributed by atoms with Crippen molar-refractivity contribution in [3.05, 3.63) is 98.3 Å². The van der Waals surface area contributed by atoms with Crippen LogP contribution in [-0.4, -0.2) is 15.7 Å². The highest BCUT2D eigenvalue weighted by atomic mass is 35.5. The number of halogens is 4. The van der Waals surface area contributed by atoms with E-state index in [0.29, 0.717) is 16.5 Å². The Morgan fingerprint density at radius 3 is 2.61 bits per heavy atom. The van der Waals surface area contributed by atoms with Gasteiger partial charge in [-0.05, 0) is 42.8 Å². The van der Waals surface area contributed by atoms with E-state index in [-0.39, 0.29) is 40.3 Å². The van der Waals surface area contributed by atoms with Gasteiger partial charge in [0, 0.05) is 16.8 Å². The van der Waals surface area contributed by atoms with Crippen LogP contribution in [0, 0.1) is 12.7 Å². The average Bonchev–Trinajstić information content (AvgIpc) is 3.37. The van der Waals surface area contributed by atoms with Crippen molar-refractivity contribution >= 4 is 46.5 Å². The molecule has 0 aliphatic heterocycles. The monoisotopic (exact) mass is 507 g/mol. The van der Waals surface area contributed by atoms with Gasteiger partial charge in [0.25, 0.3) is 5.91 Å². The summed E-state index contributed by atoms with van der Waals surface area (Å²) < 4.78 is 26.7. The second-order valence-electron chi connectivity index (χ2n) is 7.12. The van der Waals surface area contributed by atoms with Crippen LogP contribution >= 0.6 is 34.8 Å². The van der Waals surface area contributed by atoms with Gasteiger partial charge in [0.05, 0.1) is 11.6 Å². The zero-order chi connectivity index (χ0) is 23.5. The molecule has 0 radical (unpaired) electrons. The lowest BCUT2D eigenvalue weighted by molar-refractivity contribution is 0.0992. The first kappa shape index (κ1) is 23.2. The van der Waals surface area contributed by atoms with Crippen LogP contribution in [0.15, 0.2) is 59.1 Å². The first-order chi connectivity index (χ1) is 15.8. The number of furan rings is 1. The fourth-order valence-electron chi connectivity index (χ4n) is 3.10. The molecule has 0 saturated heterocycles. The minimum absolute atomic E-state index is 0.0464. The molecule has 2 aromatic heterocycles. The normalized spacial score (nSPS) is 10.9. The number of anilines is 1. The Morgan fingerprint density at radius 2 is 1.85 bits per heavy atom. The van der Waals surface area contributed by atoms with E-state index >= 15 is 0 Å². The smallest absolute Gasteiger partial charge is 0.292 e. The summed E-state index contributed by atoms with van der Waals surface area (Å²) in [5.41, 5.74) is 1.15. The molecule has 2 heterocycles. The second kappa shape index (κ2) is 9.87. The zero-order valence-electron chi connectivity index (χ0n) is 17.2. The van der Waals surface area contributed by atoms with Crippen LogP contribution in [0.1, 0.15) is 27.4 Å². The van der Waals surface area contributed by atoms with Crippen LogP contribution in [0.2, 0.25) is 15.1 Å². The Labute approximate surface area is 203 Å². The lowest BCUT2D eigenvalue weighted by Crippen LogP contribution is -2.12. The summed E-state index contributed by atoms with van der Waals surface area (Å²) in [6.45, 7) is 2.02. The number of para-hydroxylation sites is 1. The van der Waals surface area contributed by atoms with E-state index in [4.69, 9.17) is 44.0 Å². The average molecular weight is 509 g/mol. The number of nitrogens with zero attached hydrogens (tertiary/aromatic N) is 2. The number of carbonyl (C=O) groups is 1. The van der Waals surface area contributed by atoms with Gasteiger partial charge in [-0.15, -0.1) is 0 Å². The molecule has 0 fully saturated rings. The predicted molar refractivity (Wildman–Crippen MR) is 125 cm³/mol. The summed E-state index contributed by atoms with van der Waals surface area (Å²) >= 11 is 18.4. The molecule has 0 unspecified atom stereocenters. The van der Waals surface area contributed by atoms with Gasteiger partial charge in [0.1, 0.15) is 29.0 Å². The van der Waals surface area contributed by atoms with Crippen LogP contribution < -0.4 is 10.1 Å². The molecule has 0 spiro atoms. The number of rotatable bonds is 7. The van der Waals surface area contributed by atoms with Gasteiger partial charge in [-0.3, -0.25) is 9.48 Å². The fraction of sp³-hybridized carbons (Fsp3) is 0.130. The van der Waals surface area contributed by atoms with Gasteiger partial charge >= 0.3 is 0 Å². The van der Waals surface area contributed by atoms with Gasteiger partial charge in [-0.25, -0.2) is 4.39 Å². The van der Waals surface area contributed by atoms with E-state index in [1.807, 2.05) is 19.1 Å². The topological polar surface area (TPSA) is 69.3 Å². The highest BCUT2D eigenvalue weighted by Crippen LogP contribution is 2.29. The summed E-state index contributed by atoms with van der Waals surface area (Å²) in [5.74, 6) is 0.129. The van der Waals surface area contributed by atoms with E-state index < -0.39 is 11.7 Å². The molecular weight excluding hydrogens is 492 g/mol. The van der Waals surface area contributed by atoms with Gasteiger partial charge in [-0.2, -0.15) is 5.10 Å². The SMILES string of the molecule is Cc1cccc(Cl)c1OCc1ccc(C(=O)Nc2nn(Cc3c(F)cccc3Cl)cc2Cl)o1. The molecule has 0 bridgehead atoms. The minimum Gasteiger partial charge on any atom is -0.484 e. The van der Waals surface area contributed by atoms with Crippen LogP contribution in [0.5, 0.6) is 5.75 Å². The summed E-state index contributed by atoms with van der Waals surface area (Å²) in [5, 5.41) is 7.72. The van der Waals surface area contributed by atoms with Crippen molar-refractivity contribution in [1.29, 1.82) is 0 Å². The molecule has 0 aliphatic carbocycles. The maximum Gasteiger partial charge on any atom is 0.292 e. The van der Waals surface area contributed by atoms with Crippen molar-refractivity contribution in [1.82, 2.24) is 9.78 Å². The molecule has 33 heavy (non-hydrogen) atoms. The van der Waals surface area contributed by atoms with Crippen molar-refractivity contribution in [3.8, 4) is 5.75 Å². The third-order valence-electron chi connectivity index (χ3n) is 4.74. The molecule has 1 amide bonds. The van der Waals surface area contributed by atoms with Crippen LogP contribution in [0.25, 0.3) is 0 Å². The predicted octanol–water partition coefficient (Wildman–Crippen LogP) is 6.76. The third-order valence-corrected chi connectivity index (χ3v) is 5.67. The van der Waals surface area contributed by atoms with Gasteiger partial charge in [0.15, 0.2) is 11.6 Å². The van der Waals surface area contributed by atoms with Crippen molar-refractivity contribution in [3.63, 3.8) is 0 Å². The number of amides is 1. The highest BCUT2D eigenvalue weighted by Gasteiger charge is 2.17. The number of carbonyl (C=O) groups excluding carboxylic acids is 1. The lowest BCUT2D eigenvalue weighted by Gasteiger charge is -2.09. The molecule has 1 N–H and O–H groups in total. The Morgan fingerprint density at radius 1 is 1.09 bits per heavy atom. The molecule has 10 heteroatoms. The van der Waals surface area contributed by atoms with Crippen molar-refractivity contribution in [2.75, 3.05) is 5.32 Å². The molecule has 170 valence electrons. The van der Waals surface area contributed by atoms with Gasteiger partial charge in [0.2, 0.25) is 0 Å². The maximum atomic E-state index is 14.0. The summed E-state index contributed by atoms with van der Waals surface area (Å²) in [7, 11) is 0. The van der Waals surface area contributed by atoms with E-state index in [9.17, 15) is 9.18 Å². The van der Waals surface area contributed by atoms with Crippen molar-refractivity contribution in [2.45, 2.75) is 20.1 Å². The molecule has 4 rings (SSSR count). The summed E-state index contributed by atoms with van der Waals surface area (Å²) in [4.78, 5) is 12.6. The lowest BCUT2D eigenvalue weighted by atomic mass is 10.2. The van der Waals surface area contributed by atoms with Crippen LogP contribution in [0.4, 0.5) is 10.2 Å². The van der Waals surface area contributed by atoms with Gasteiger partial charge < -0.3 is 14.5 Å². The Kier molecular flexibility index (Phi) is 6.93. The van der Waals surface area contributed by atoms with E-state index in [0.717, 1.165) is 5.56 Å². The largest absolute Gasteiger partial charge is 0.484 e. The number of aryl methyl sites for hydroxylation is 1. The first-order valence-electron chi connectivity index (χ1n) is 9.75. The number of nitrogens with one attached hydrogen (secondary N) is 1. The fourth-order valence-corrected chi connectivity index (χ4v) is 3.79. The molecule has 2 aromatic carbocycles. The Hall–Kier alpha value is -3.00. The molecule has 4 aromatic rings. The van der Waals surface area contributed by atoms with Crippen LogP contribution in [0.3, 0.4) is 0 Å². The van der Waals surface area contributed by atoms with Gasteiger partial charge in [-0.1, -0.05) is 53.0 Å². The van der Waals surface area contributed by atoms with Crippen molar-refractivity contribution < 1.29 is 18.3 Å². The standard InChI is InChI=1S/C23H17Cl3FN3O3/c1-13-4-2-6-17(25)21(13)32-12-14-8-9-20(33-14)23(31)28-22-18(26)11-30(29-22)10-15-16(24)5-3-7-19(15)27/h2-9,11H,10,12H2,1H3,(H,28,29,31). The summed E-state index contributed by atoms with van der Waals surface area (Å²) in [6, 6.07) is 13.0. The second-order valence-corrected chi connectivity index (χ2v) is 8.34. The molecule has 0 atom stereocenters. The number of hydrogen-bond acceptors (Lipinski definition) is 4. The molecular formula is C23H17Cl3FN3O3. The molecule has 0 saturated carbocycles. The van der Waals surface area contributed by atoms with Crippen LogP contribution in [-0.2, 0) is 13.2 Å². The first-order valence-corrected chi connectivity index (χ1v) is 10.9. The Bertz CT molecular complexity index is 1280. The van der Waals surface area contributed by atoms with Crippen molar-refractivity contribution in [2.24, 2.45) is 0 Å². The molecule has 6 nitrogen and oxygen atoms in total. The number of hydrogen-bond donors (Lipinski definition) is 1. The highest BCUT2D eigenvalue weighted by molar-refractivity contribution is 6.33. The minimum atomic E-state index is -0.550. The number of aromatic nitrogens is 2. The zero-order valence-corrected chi connectivity index (χ0v) is 19.5. The Balaban J connectivity index is 1.41. The summed E-state index contributed by atoms with van der Waals surface area (Å²) in [6.07, 6.45) is 1.47. The number of benzene rings is 2. The number of ether oxygens (including phenoxy) is 1. The van der Waals surface area contributed by atoms with E-state index in [2.05, 4.69) is 10.4 Å². The van der Waals surface area contributed by atoms with E-state index in [1.165, 1.54) is 29.1 Å². The maximum absolute atomic E-state index is 14.0. The molecule has 0 aliphatic rings. The quantitative estimate of drug-likeness (QED) is 0.299. The van der Waals surface area contributed by atoms with E-state index in [1.54, 1.807) is 18.2 Å².